The predicted molar refractivity (Wildman–Crippen MR) is 111 cm³/mol. The van der Waals surface area contributed by atoms with E-state index in [1.54, 1.807) is 30.5 Å². The Morgan fingerprint density at radius 1 is 1.00 bits per heavy atom. The highest BCUT2D eigenvalue weighted by atomic mass is 35.5. The first-order valence-electron chi connectivity index (χ1n) is 8.88. The molecule has 0 fully saturated rings. The second-order valence-corrected chi connectivity index (χ2v) is 6.76. The van der Waals surface area contributed by atoms with E-state index in [2.05, 4.69) is 15.6 Å². The highest BCUT2D eigenvalue weighted by molar-refractivity contribution is 6.30. The normalized spacial score (nSPS) is 10.4. The summed E-state index contributed by atoms with van der Waals surface area (Å²) in [5, 5.41) is 6.73. The number of carbonyl (C=O) groups excluding carboxylic acids is 2. The second-order valence-electron chi connectivity index (χ2n) is 6.33. The Morgan fingerprint density at radius 2 is 1.75 bits per heavy atom. The number of anilines is 2. The van der Waals surface area contributed by atoms with Gasteiger partial charge in [-0.15, -0.1) is 0 Å². The Balaban J connectivity index is 1.53. The standard InChI is InChI=1S/C22H20ClN3O2/c1-15(27)17-5-7-19(8-6-17)26-20-9-10-21(25-14-20)22(28)24-12-11-16-3-2-4-18(23)13-16/h2-10,13-14,26H,11-12H2,1H3,(H,24,28). The molecule has 0 atom stereocenters. The van der Waals surface area contributed by atoms with Gasteiger partial charge in [0.2, 0.25) is 0 Å². The van der Waals surface area contributed by atoms with Crippen molar-refractivity contribution in [3.63, 3.8) is 0 Å². The Kier molecular flexibility index (Phi) is 6.40. The molecule has 2 aromatic carbocycles. The quantitative estimate of drug-likeness (QED) is 0.573. The average Bonchev–Trinajstić information content (AvgIpc) is 2.69. The third-order valence-corrected chi connectivity index (χ3v) is 4.40. The van der Waals surface area contributed by atoms with Crippen molar-refractivity contribution in [2.24, 2.45) is 0 Å². The fourth-order valence-electron chi connectivity index (χ4n) is 2.66. The van der Waals surface area contributed by atoms with Crippen LogP contribution in [0.25, 0.3) is 0 Å². The molecule has 0 saturated carbocycles. The third-order valence-electron chi connectivity index (χ3n) is 4.16. The third kappa shape index (κ3) is 5.41. The van der Waals surface area contributed by atoms with Crippen molar-refractivity contribution in [1.82, 2.24) is 10.3 Å². The smallest absolute Gasteiger partial charge is 0.269 e. The molecule has 1 amide bonds. The zero-order chi connectivity index (χ0) is 19.9. The van der Waals surface area contributed by atoms with Crippen LogP contribution in [0.1, 0.15) is 33.3 Å². The first-order valence-corrected chi connectivity index (χ1v) is 9.26. The molecule has 6 heteroatoms. The number of nitrogens with zero attached hydrogens (tertiary/aromatic N) is 1. The van der Waals surface area contributed by atoms with E-state index in [0.29, 0.717) is 29.2 Å². The van der Waals surface area contributed by atoms with Crippen LogP contribution in [0.4, 0.5) is 11.4 Å². The van der Waals surface area contributed by atoms with Crippen LogP contribution in [0.2, 0.25) is 5.02 Å². The van der Waals surface area contributed by atoms with E-state index in [4.69, 9.17) is 11.6 Å². The van der Waals surface area contributed by atoms with E-state index in [1.807, 2.05) is 36.4 Å². The van der Waals surface area contributed by atoms with Crippen LogP contribution >= 0.6 is 11.6 Å². The number of pyridine rings is 1. The number of carbonyl (C=O) groups is 2. The van der Waals surface area contributed by atoms with Crippen LogP contribution in [0.3, 0.4) is 0 Å². The Labute approximate surface area is 168 Å². The van der Waals surface area contributed by atoms with E-state index < -0.39 is 0 Å². The summed E-state index contributed by atoms with van der Waals surface area (Å²) in [6, 6.07) is 18.2. The van der Waals surface area contributed by atoms with E-state index in [9.17, 15) is 9.59 Å². The van der Waals surface area contributed by atoms with Gasteiger partial charge in [0.05, 0.1) is 11.9 Å². The molecule has 0 bridgehead atoms. The summed E-state index contributed by atoms with van der Waals surface area (Å²) < 4.78 is 0. The number of amides is 1. The summed E-state index contributed by atoms with van der Waals surface area (Å²) >= 11 is 5.96. The summed E-state index contributed by atoms with van der Waals surface area (Å²) in [7, 11) is 0. The lowest BCUT2D eigenvalue weighted by atomic mass is 10.1. The minimum atomic E-state index is -0.223. The zero-order valence-electron chi connectivity index (χ0n) is 15.4. The van der Waals surface area contributed by atoms with Crippen molar-refractivity contribution in [1.29, 1.82) is 0 Å². The van der Waals surface area contributed by atoms with Crippen LogP contribution in [0.15, 0.2) is 66.9 Å². The summed E-state index contributed by atoms with van der Waals surface area (Å²) in [6.07, 6.45) is 2.30. The molecular weight excluding hydrogens is 374 g/mol. The number of hydrogen-bond donors (Lipinski definition) is 2. The van der Waals surface area contributed by atoms with Crippen LogP contribution in [0.5, 0.6) is 0 Å². The molecule has 1 aromatic heterocycles. The lowest BCUT2D eigenvalue weighted by molar-refractivity contribution is 0.0948. The van der Waals surface area contributed by atoms with E-state index >= 15 is 0 Å². The zero-order valence-corrected chi connectivity index (χ0v) is 16.2. The number of rotatable bonds is 7. The molecule has 3 rings (SSSR count). The first kappa shape index (κ1) is 19.6. The fourth-order valence-corrected chi connectivity index (χ4v) is 2.87. The molecule has 28 heavy (non-hydrogen) atoms. The van der Waals surface area contributed by atoms with Gasteiger partial charge in [-0.2, -0.15) is 0 Å². The number of ketones is 1. The van der Waals surface area contributed by atoms with Gasteiger partial charge >= 0.3 is 0 Å². The number of benzene rings is 2. The maximum absolute atomic E-state index is 12.2. The summed E-state index contributed by atoms with van der Waals surface area (Å²) in [5.74, 6) is -0.196. The molecule has 0 spiro atoms. The van der Waals surface area contributed by atoms with Crippen LogP contribution in [0, 0.1) is 0 Å². The van der Waals surface area contributed by atoms with Gasteiger partial charge < -0.3 is 10.6 Å². The van der Waals surface area contributed by atoms with E-state index in [1.165, 1.54) is 6.92 Å². The van der Waals surface area contributed by atoms with Gasteiger partial charge in [0, 0.05) is 22.8 Å². The molecule has 3 aromatic rings. The molecule has 0 aliphatic rings. The topological polar surface area (TPSA) is 71.1 Å². The van der Waals surface area contributed by atoms with Gasteiger partial charge in [0.1, 0.15) is 5.69 Å². The van der Waals surface area contributed by atoms with Gasteiger partial charge in [-0.1, -0.05) is 23.7 Å². The highest BCUT2D eigenvalue weighted by Gasteiger charge is 2.07. The number of halogens is 1. The van der Waals surface area contributed by atoms with Crippen LogP contribution < -0.4 is 10.6 Å². The second kappa shape index (κ2) is 9.15. The van der Waals surface area contributed by atoms with Gasteiger partial charge in [-0.3, -0.25) is 9.59 Å². The number of aromatic nitrogens is 1. The molecule has 142 valence electrons. The Hall–Kier alpha value is -3.18. The average molecular weight is 394 g/mol. The molecule has 0 radical (unpaired) electrons. The molecule has 1 heterocycles. The van der Waals surface area contributed by atoms with Crippen molar-refractivity contribution in [3.05, 3.63) is 88.7 Å². The predicted octanol–water partition coefficient (Wildman–Crippen LogP) is 4.65. The minimum Gasteiger partial charge on any atom is -0.354 e. The van der Waals surface area contributed by atoms with Crippen LogP contribution in [-0.2, 0) is 6.42 Å². The lowest BCUT2D eigenvalue weighted by Crippen LogP contribution is -2.26. The van der Waals surface area contributed by atoms with Crippen molar-refractivity contribution in [2.75, 3.05) is 11.9 Å². The maximum atomic E-state index is 12.2. The van der Waals surface area contributed by atoms with Crippen LogP contribution in [-0.4, -0.2) is 23.2 Å². The highest BCUT2D eigenvalue weighted by Crippen LogP contribution is 2.17. The van der Waals surface area contributed by atoms with Crippen molar-refractivity contribution in [3.8, 4) is 0 Å². The molecular formula is C22H20ClN3O2. The van der Waals surface area contributed by atoms with Crippen molar-refractivity contribution in [2.45, 2.75) is 13.3 Å². The minimum absolute atomic E-state index is 0.0268. The molecule has 0 aliphatic heterocycles. The van der Waals surface area contributed by atoms with E-state index in [-0.39, 0.29) is 11.7 Å². The van der Waals surface area contributed by atoms with Crippen molar-refractivity contribution >= 4 is 34.7 Å². The SMILES string of the molecule is CC(=O)c1ccc(Nc2ccc(C(=O)NCCc3cccc(Cl)c3)nc2)cc1. The van der Waals surface area contributed by atoms with E-state index in [0.717, 1.165) is 16.9 Å². The molecule has 0 saturated heterocycles. The molecule has 2 N–H and O–H groups in total. The van der Waals surface area contributed by atoms with Gasteiger partial charge in [0.15, 0.2) is 5.78 Å². The Bertz CT molecular complexity index is 970. The molecule has 0 aliphatic carbocycles. The molecule has 0 unspecified atom stereocenters. The number of nitrogens with one attached hydrogen (secondary N) is 2. The lowest BCUT2D eigenvalue weighted by Gasteiger charge is -2.08. The van der Waals surface area contributed by atoms with Gasteiger partial charge in [0.25, 0.3) is 5.91 Å². The van der Waals surface area contributed by atoms with Gasteiger partial charge in [-0.25, -0.2) is 4.98 Å². The summed E-state index contributed by atoms with van der Waals surface area (Å²) in [5.41, 5.74) is 3.67. The summed E-state index contributed by atoms with van der Waals surface area (Å²) in [6.45, 7) is 2.04. The van der Waals surface area contributed by atoms with Crippen molar-refractivity contribution < 1.29 is 9.59 Å². The monoisotopic (exact) mass is 393 g/mol. The Morgan fingerprint density at radius 3 is 2.39 bits per heavy atom. The van der Waals surface area contributed by atoms with Gasteiger partial charge in [-0.05, 0) is 67.4 Å². The molecule has 5 nitrogen and oxygen atoms in total. The maximum Gasteiger partial charge on any atom is 0.269 e. The first-order chi connectivity index (χ1) is 13.5. The largest absolute Gasteiger partial charge is 0.354 e. The summed E-state index contributed by atoms with van der Waals surface area (Å²) in [4.78, 5) is 27.7. The number of Topliss-reactive ketones (excluding diaryl/α,β-unsaturated/α-hetero) is 1. The fraction of sp³-hybridized carbons (Fsp3) is 0.136. The number of hydrogen-bond acceptors (Lipinski definition) is 4.